The average molecular weight is 613 g/mol. The van der Waals surface area contributed by atoms with Crippen LogP contribution in [0.4, 0.5) is 5.82 Å². The maximum absolute atomic E-state index is 6.06. The third-order valence-corrected chi connectivity index (χ3v) is 7.33. The van der Waals surface area contributed by atoms with E-state index in [1.807, 2.05) is 116 Å². The molecule has 0 fully saturated rings. The molecule has 0 aliphatic heterocycles. The van der Waals surface area contributed by atoms with Gasteiger partial charge < -0.3 is 8.83 Å². The summed E-state index contributed by atoms with van der Waals surface area (Å²) in [4.78, 5) is 9.23. The predicted octanol–water partition coefficient (Wildman–Crippen LogP) is 9.54. The molecular weight excluding hydrogens is 584 g/mol. The lowest BCUT2D eigenvalue weighted by Crippen LogP contribution is -1.88. The third-order valence-electron chi connectivity index (χ3n) is 7.33. The largest absolute Gasteiger partial charge is 0.416 e. The molecule has 0 amide bonds. The van der Waals surface area contributed by atoms with Gasteiger partial charge in [0.1, 0.15) is 5.69 Å². The van der Waals surface area contributed by atoms with Gasteiger partial charge in [0.05, 0.1) is 5.57 Å². The topological polar surface area (TPSA) is 103 Å². The van der Waals surface area contributed by atoms with Gasteiger partial charge in [-0.2, -0.15) is 0 Å². The number of nitrogens with zero attached hydrogens (tertiary/aromatic N) is 6. The van der Waals surface area contributed by atoms with Crippen LogP contribution in [0.15, 0.2) is 159 Å². The molecule has 0 bridgehead atoms. The van der Waals surface area contributed by atoms with E-state index in [9.17, 15) is 0 Å². The zero-order valence-electron chi connectivity index (χ0n) is 25.4. The fourth-order valence-corrected chi connectivity index (χ4v) is 4.89. The summed E-state index contributed by atoms with van der Waals surface area (Å²) in [5, 5.41) is 17.1. The molecule has 226 valence electrons. The van der Waals surface area contributed by atoms with Crippen molar-refractivity contribution in [3.8, 4) is 56.7 Å². The second-order valence-electron chi connectivity index (χ2n) is 10.5. The fraction of sp³-hybridized carbons (Fsp3) is 0.0256. The van der Waals surface area contributed by atoms with E-state index in [-0.39, 0.29) is 0 Å². The number of pyridine rings is 1. The number of hydrogen-bond acceptors (Lipinski definition) is 8. The minimum Gasteiger partial charge on any atom is -0.416 e. The Bertz CT molecular complexity index is 2180. The van der Waals surface area contributed by atoms with Gasteiger partial charge in [0.25, 0.3) is 5.89 Å². The summed E-state index contributed by atoms with van der Waals surface area (Å²) in [6.45, 7) is 1.93. The quantitative estimate of drug-likeness (QED) is 0.118. The van der Waals surface area contributed by atoms with Crippen LogP contribution in [-0.4, -0.2) is 31.6 Å². The van der Waals surface area contributed by atoms with Crippen LogP contribution in [0.25, 0.3) is 62.3 Å². The highest BCUT2D eigenvalue weighted by Gasteiger charge is 2.14. The van der Waals surface area contributed by atoms with E-state index in [0.29, 0.717) is 40.6 Å². The van der Waals surface area contributed by atoms with Crippen molar-refractivity contribution in [1.82, 2.24) is 25.4 Å². The molecule has 0 unspecified atom stereocenters. The first-order valence-electron chi connectivity index (χ1n) is 15.1. The van der Waals surface area contributed by atoms with Gasteiger partial charge in [-0.05, 0) is 71.7 Å². The zero-order chi connectivity index (χ0) is 31.8. The number of hydrogen-bond donors (Lipinski definition) is 0. The van der Waals surface area contributed by atoms with Gasteiger partial charge >= 0.3 is 0 Å². The number of aromatic nitrogens is 5. The van der Waals surface area contributed by atoms with Crippen LogP contribution in [0.5, 0.6) is 0 Å². The first kappa shape index (κ1) is 29.2. The minimum absolute atomic E-state index is 0.300. The van der Waals surface area contributed by atoms with Gasteiger partial charge in [-0.3, -0.25) is 0 Å². The van der Waals surface area contributed by atoms with E-state index < -0.39 is 0 Å². The minimum atomic E-state index is 0.300. The van der Waals surface area contributed by atoms with Crippen LogP contribution >= 0.6 is 0 Å². The summed E-state index contributed by atoms with van der Waals surface area (Å²) in [7, 11) is 0. The van der Waals surface area contributed by atoms with E-state index in [0.717, 1.165) is 33.4 Å². The molecule has 4 aromatic carbocycles. The van der Waals surface area contributed by atoms with Crippen LogP contribution in [0, 0.1) is 0 Å². The van der Waals surface area contributed by atoms with E-state index in [1.165, 1.54) is 0 Å². The fourth-order valence-electron chi connectivity index (χ4n) is 4.89. The highest BCUT2D eigenvalue weighted by molar-refractivity contribution is 6.09. The zero-order valence-corrected chi connectivity index (χ0v) is 25.4. The second-order valence-corrected chi connectivity index (χ2v) is 10.5. The second kappa shape index (κ2) is 13.6. The summed E-state index contributed by atoms with van der Waals surface area (Å²) >= 11 is 0. The lowest BCUT2D eigenvalue weighted by Gasteiger charge is -2.02. The van der Waals surface area contributed by atoms with Crippen molar-refractivity contribution in [3.05, 3.63) is 152 Å². The van der Waals surface area contributed by atoms with Crippen molar-refractivity contribution in [2.45, 2.75) is 6.92 Å². The molecule has 47 heavy (non-hydrogen) atoms. The first-order chi connectivity index (χ1) is 23.2. The molecule has 0 radical (unpaired) electrons. The Morgan fingerprint density at radius 1 is 0.532 bits per heavy atom. The lowest BCUT2D eigenvalue weighted by molar-refractivity contribution is 0.555. The van der Waals surface area contributed by atoms with Crippen molar-refractivity contribution in [2.24, 2.45) is 4.99 Å². The van der Waals surface area contributed by atoms with E-state index in [1.54, 1.807) is 18.3 Å². The Balaban J connectivity index is 1.08. The number of aliphatic imine (C=N–C) groups is 1. The van der Waals surface area contributed by atoms with Gasteiger partial charge in [-0.1, -0.05) is 103 Å². The molecule has 0 saturated carbocycles. The lowest BCUT2D eigenvalue weighted by atomic mass is 10.0. The van der Waals surface area contributed by atoms with Gasteiger partial charge in [0.2, 0.25) is 17.7 Å². The maximum atomic E-state index is 6.06. The first-order valence-corrected chi connectivity index (χ1v) is 15.1. The average Bonchev–Trinajstić information content (AvgIpc) is 3.84. The molecule has 0 spiro atoms. The Morgan fingerprint density at radius 3 is 1.68 bits per heavy atom. The van der Waals surface area contributed by atoms with Crippen molar-refractivity contribution < 1.29 is 8.83 Å². The summed E-state index contributed by atoms with van der Waals surface area (Å²) < 4.78 is 12.1. The molecule has 3 aromatic heterocycles. The predicted molar refractivity (Wildman–Crippen MR) is 185 cm³/mol. The number of rotatable bonds is 9. The molecule has 3 heterocycles. The molecule has 8 heteroatoms. The standard InChI is InChI=1S/C39H28N6O2/c1-2-3-11-33(38-44-42-36(46-38)31-22-18-29(19-23-31)27-12-6-4-7-13-27)26-40-35-17-10-16-34(41-35)39-45-43-37(47-39)32-24-20-30(21-25-32)28-14-8-5-9-15-28/h2-26H,1H3/b3-2-,33-11+,40-26?. The van der Waals surface area contributed by atoms with Crippen molar-refractivity contribution in [2.75, 3.05) is 0 Å². The van der Waals surface area contributed by atoms with Gasteiger partial charge in [0.15, 0.2) is 5.82 Å². The van der Waals surface area contributed by atoms with Crippen LogP contribution in [0.1, 0.15) is 12.8 Å². The van der Waals surface area contributed by atoms with Gasteiger partial charge in [0, 0.05) is 17.3 Å². The van der Waals surface area contributed by atoms with Crippen LogP contribution in [0.2, 0.25) is 0 Å². The van der Waals surface area contributed by atoms with Gasteiger partial charge in [-0.15, -0.1) is 20.4 Å². The Hall–Kier alpha value is -6.54. The number of benzene rings is 4. The molecule has 0 aliphatic rings. The van der Waals surface area contributed by atoms with Gasteiger partial charge in [-0.25, -0.2) is 9.98 Å². The molecule has 8 nitrogen and oxygen atoms in total. The molecular formula is C39H28N6O2. The third kappa shape index (κ3) is 6.77. The smallest absolute Gasteiger partial charge is 0.266 e. The van der Waals surface area contributed by atoms with E-state index in [2.05, 4.69) is 54.6 Å². The summed E-state index contributed by atoms with van der Waals surface area (Å²) in [5.74, 6) is 1.92. The molecule has 0 aliphatic carbocycles. The summed E-state index contributed by atoms with van der Waals surface area (Å²) in [6, 6.07) is 41.9. The van der Waals surface area contributed by atoms with Crippen LogP contribution < -0.4 is 0 Å². The van der Waals surface area contributed by atoms with Crippen molar-refractivity contribution >= 4 is 17.6 Å². The van der Waals surface area contributed by atoms with Crippen molar-refractivity contribution in [3.63, 3.8) is 0 Å². The molecule has 7 rings (SSSR count). The van der Waals surface area contributed by atoms with Crippen molar-refractivity contribution in [1.29, 1.82) is 0 Å². The Labute approximate surface area is 271 Å². The maximum Gasteiger partial charge on any atom is 0.266 e. The molecule has 0 saturated heterocycles. The summed E-state index contributed by atoms with van der Waals surface area (Å²) in [6.07, 6.45) is 7.30. The Morgan fingerprint density at radius 2 is 1.06 bits per heavy atom. The van der Waals surface area contributed by atoms with E-state index in [4.69, 9.17) is 8.83 Å². The summed E-state index contributed by atoms with van der Waals surface area (Å²) in [5.41, 5.74) is 7.30. The molecule has 0 atom stereocenters. The van der Waals surface area contributed by atoms with Crippen LogP contribution in [-0.2, 0) is 0 Å². The highest BCUT2D eigenvalue weighted by Crippen LogP contribution is 2.28. The monoisotopic (exact) mass is 612 g/mol. The Kier molecular flexibility index (Phi) is 8.46. The SMILES string of the molecule is C/C=C\C=C(/C=Nc1cccc(-c2nnc(-c3ccc(-c4ccccc4)cc3)o2)n1)c1nnc(-c2ccc(-c3ccccc3)cc2)o1. The normalized spacial score (nSPS) is 11.9. The molecule has 0 N–H and O–H groups in total. The molecule has 7 aromatic rings. The van der Waals surface area contributed by atoms with E-state index >= 15 is 0 Å². The van der Waals surface area contributed by atoms with Crippen LogP contribution in [0.3, 0.4) is 0 Å². The number of allylic oxidation sites excluding steroid dienone is 4. The highest BCUT2D eigenvalue weighted by atomic mass is 16.4.